The van der Waals surface area contributed by atoms with Crippen LogP contribution in [0.3, 0.4) is 0 Å². The lowest BCUT2D eigenvalue weighted by Gasteiger charge is -2.23. The molecule has 1 aliphatic heterocycles. The number of pyridine rings is 2. The SMILES string of the molecule is CNC(=O)Oc1nccc2cc(NCc3ccnc(OC[C@@H]4CCn5ccnc5C4)c3)ccc12. The summed E-state index contributed by atoms with van der Waals surface area (Å²) in [7, 11) is 1.51. The number of carbonyl (C=O) groups is 1. The molecule has 9 nitrogen and oxygen atoms in total. The molecule has 4 aromatic rings. The van der Waals surface area contributed by atoms with Crippen molar-refractivity contribution in [3.63, 3.8) is 0 Å². The molecule has 0 spiro atoms. The first kappa shape index (κ1) is 21.7. The van der Waals surface area contributed by atoms with Crippen LogP contribution in [0, 0.1) is 5.92 Å². The number of rotatable bonds is 7. The third-order valence-corrected chi connectivity index (χ3v) is 5.94. The van der Waals surface area contributed by atoms with Crippen LogP contribution in [0.1, 0.15) is 17.8 Å². The maximum atomic E-state index is 11.5. The molecule has 0 unspecified atom stereocenters. The van der Waals surface area contributed by atoms with E-state index >= 15 is 0 Å². The molecule has 2 N–H and O–H groups in total. The quantitative estimate of drug-likeness (QED) is 0.434. The molecule has 1 aliphatic rings. The number of amides is 1. The number of imidazole rings is 1. The lowest BCUT2D eigenvalue weighted by Crippen LogP contribution is -2.24. The molecule has 174 valence electrons. The predicted molar refractivity (Wildman–Crippen MR) is 128 cm³/mol. The molecule has 1 amide bonds. The summed E-state index contributed by atoms with van der Waals surface area (Å²) in [5.74, 6) is 2.49. The number of ether oxygens (including phenoxy) is 2. The Morgan fingerprint density at radius 3 is 2.94 bits per heavy atom. The van der Waals surface area contributed by atoms with Gasteiger partial charge in [-0.15, -0.1) is 0 Å². The zero-order chi connectivity index (χ0) is 23.3. The first-order chi connectivity index (χ1) is 16.7. The summed E-state index contributed by atoms with van der Waals surface area (Å²) in [5.41, 5.74) is 2.02. The number of carbonyl (C=O) groups excluding carboxylic acids is 1. The van der Waals surface area contributed by atoms with Crippen molar-refractivity contribution < 1.29 is 14.3 Å². The van der Waals surface area contributed by atoms with E-state index in [4.69, 9.17) is 9.47 Å². The van der Waals surface area contributed by atoms with E-state index in [0.29, 0.717) is 24.9 Å². The number of hydrogen-bond donors (Lipinski definition) is 2. The van der Waals surface area contributed by atoms with E-state index in [1.165, 1.54) is 7.05 Å². The summed E-state index contributed by atoms with van der Waals surface area (Å²) in [5, 5.41) is 7.55. The van der Waals surface area contributed by atoms with Crippen molar-refractivity contribution in [3.8, 4) is 11.8 Å². The van der Waals surface area contributed by atoms with Gasteiger partial charge < -0.3 is 24.7 Å². The molecule has 9 heteroatoms. The summed E-state index contributed by atoms with van der Waals surface area (Å²) in [6.45, 7) is 2.25. The summed E-state index contributed by atoms with van der Waals surface area (Å²) in [6, 6.07) is 11.6. The van der Waals surface area contributed by atoms with E-state index in [2.05, 4.69) is 30.2 Å². The Morgan fingerprint density at radius 2 is 2.03 bits per heavy atom. The minimum atomic E-state index is -0.548. The third-order valence-electron chi connectivity index (χ3n) is 5.94. The number of benzene rings is 1. The fraction of sp³-hybridized carbons (Fsp3) is 0.280. The topological polar surface area (TPSA) is 103 Å². The molecule has 34 heavy (non-hydrogen) atoms. The Kier molecular flexibility index (Phi) is 6.24. The highest BCUT2D eigenvalue weighted by atomic mass is 16.6. The van der Waals surface area contributed by atoms with Gasteiger partial charge in [0.05, 0.1) is 6.61 Å². The van der Waals surface area contributed by atoms with Crippen LogP contribution >= 0.6 is 0 Å². The molecule has 0 bridgehead atoms. The number of nitrogens with zero attached hydrogens (tertiary/aromatic N) is 4. The molecule has 5 rings (SSSR count). The van der Waals surface area contributed by atoms with Crippen LogP contribution in [0.2, 0.25) is 0 Å². The summed E-state index contributed by atoms with van der Waals surface area (Å²) in [4.78, 5) is 24.5. The smallest absolute Gasteiger partial charge is 0.413 e. The van der Waals surface area contributed by atoms with Gasteiger partial charge in [-0.2, -0.15) is 0 Å². The Bertz CT molecular complexity index is 1300. The molecular weight excluding hydrogens is 432 g/mol. The van der Waals surface area contributed by atoms with E-state index in [-0.39, 0.29) is 5.88 Å². The normalized spacial score (nSPS) is 14.9. The van der Waals surface area contributed by atoms with E-state index in [1.54, 1.807) is 12.4 Å². The standard InChI is InChI=1S/C25H26N6O3/c1-26-25(32)34-24-21-3-2-20(14-19(21)5-8-29-24)30-15-17-4-7-28-23(13-17)33-16-18-6-10-31-11-9-27-22(31)12-18/h2-5,7-9,11,13-14,18,30H,6,10,12,15-16H2,1H3,(H,26,32)/t18-/m1/s1. The van der Waals surface area contributed by atoms with E-state index in [1.807, 2.05) is 48.8 Å². The second kappa shape index (κ2) is 9.78. The number of hydrogen-bond acceptors (Lipinski definition) is 7. The average Bonchev–Trinajstić information content (AvgIpc) is 3.34. The molecule has 4 heterocycles. The second-order valence-electron chi connectivity index (χ2n) is 8.25. The first-order valence-corrected chi connectivity index (χ1v) is 11.3. The summed E-state index contributed by atoms with van der Waals surface area (Å²) < 4.78 is 13.5. The van der Waals surface area contributed by atoms with Crippen molar-refractivity contribution in [2.45, 2.75) is 25.9 Å². The fourth-order valence-electron chi connectivity index (χ4n) is 4.08. The molecule has 0 fully saturated rings. The van der Waals surface area contributed by atoms with Gasteiger partial charge in [0.15, 0.2) is 0 Å². The molecule has 0 aliphatic carbocycles. The van der Waals surface area contributed by atoms with Gasteiger partial charge in [0.1, 0.15) is 5.82 Å². The maximum absolute atomic E-state index is 11.5. The van der Waals surface area contributed by atoms with Crippen LogP contribution in [-0.2, 0) is 19.5 Å². The van der Waals surface area contributed by atoms with E-state index in [0.717, 1.165) is 47.2 Å². The maximum Gasteiger partial charge on any atom is 0.413 e. The molecule has 1 atom stereocenters. The van der Waals surface area contributed by atoms with Crippen LogP contribution in [0.4, 0.5) is 10.5 Å². The van der Waals surface area contributed by atoms with E-state index in [9.17, 15) is 4.79 Å². The molecule has 1 aromatic carbocycles. The van der Waals surface area contributed by atoms with Gasteiger partial charge in [-0.3, -0.25) is 0 Å². The van der Waals surface area contributed by atoms with Crippen LogP contribution in [0.5, 0.6) is 11.8 Å². The average molecular weight is 459 g/mol. The number of aromatic nitrogens is 4. The van der Waals surface area contributed by atoms with Gasteiger partial charge in [0, 0.05) is 74.4 Å². The lowest BCUT2D eigenvalue weighted by atomic mass is 9.99. The number of aryl methyl sites for hydroxylation is 1. The molecule has 0 saturated carbocycles. The van der Waals surface area contributed by atoms with Gasteiger partial charge in [-0.05, 0) is 47.7 Å². The number of fused-ring (bicyclic) bond motifs is 2. The zero-order valence-corrected chi connectivity index (χ0v) is 18.9. The van der Waals surface area contributed by atoms with Crippen molar-refractivity contribution in [2.75, 3.05) is 19.0 Å². The second-order valence-corrected chi connectivity index (χ2v) is 8.25. The fourth-order valence-corrected chi connectivity index (χ4v) is 4.08. The van der Waals surface area contributed by atoms with Crippen molar-refractivity contribution in [1.29, 1.82) is 0 Å². The van der Waals surface area contributed by atoms with Gasteiger partial charge in [0.25, 0.3) is 0 Å². The van der Waals surface area contributed by atoms with Crippen molar-refractivity contribution in [3.05, 3.63) is 72.6 Å². The van der Waals surface area contributed by atoms with Crippen LogP contribution in [0.15, 0.2) is 61.2 Å². The predicted octanol–water partition coefficient (Wildman–Crippen LogP) is 3.80. The Balaban J connectivity index is 1.19. The molecule has 0 saturated heterocycles. The van der Waals surface area contributed by atoms with Gasteiger partial charge in [-0.1, -0.05) is 0 Å². The van der Waals surface area contributed by atoms with Crippen molar-refractivity contribution >= 4 is 22.6 Å². The number of anilines is 1. The van der Waals surface area contributed by atoms with Gasteiger partial charge >= 0.3 is 6.09 Å². The Morgan fingerprint density at radius 1 is 1.12 bits per heavy atom. The van der Waals surface area contributed by atoms with Gasteiger partial charge in [0.2, 0.25) is 11.8 Å². The first-order valence-electron chi connectivity index (χ1n) is 11.3. The summed E-state index contributed by atoms with van der Waals surface area (Å²) in [6.07, 6.45) is 8.76. The van der Waals surface area contributed by atoms with Crippen LogP contribution < -0.4 is 20.1 Å². The summed E-state index contributed by atoms with van der Waals surface area (Å²) >= 11 is 0. The minimum absolute atomic E-state index is 0.279. The van der Waals surface area contributed by atoms with E-state index < -0.39 is 6.09 Å². The monoisotopic (exact) mass is 458 g/mol. The lowest BCUT2D eigenvalue weighted by molar-refractivity contribution is 0.201. The largest absolute Gasteiger partial charge is 0.477 e. The number of nitrogens with one attached hydrogen (secondary N) is 2. The van der Waals surface area contributed by atoms with Crippen LogP contribution in [-0.4, -0.2) is 39.3 Å². The third kappa shape index (κ3) is 4.93. The molecule has 3 aromatic heterocycles. The van der Waals surface area contributed by atoms with Crippen molar-refractivity contribution in [1.82, 2.24) is 24.8 Å². The Hall–Kier alpha value is -4.14. The highest BCUT2D eigenvalue weighted by Crippen LogP contribution is 2.26. The van der Waals surface area contributed by atoms with Gasteiger partial charge in [-0.25, -0.2) is 19.7 Å². The molecular formula is C25H26N6O3. The minimum Gasteiger partial charge on any atom is -0.477 e. The molecule has 0 radical (unpaired) electrons. The van der Waals surface area contributed by atoms with Crippen LogP contribution in [0.25, 0.3) is 10.8 Å². The highest BCUT2D eigenvalue weighted by Gasteiger charge is 2.20. The van der Waals surface area contributed by atoms with Crippen molar-refractivity contribution in [2.24, 2.45) is 5.92 Å². The Labute approximate surface area is 197 Å². The highest BCUT2D eigenvalue weighted by molar-refractivity contribution is 5.90. The zero-order valence-electron chi connectivity index (χ0n) is 18.9.